The number of thioether (sulfide) groups is 1. The Hall–Kier alpha value is -1.45. The molecule has 0 aliphatic carbocycles. The van der Waals surface area contributed by atoms with Gasteiger partial charge in [0.15, 0.2) is 0 Å². The van der Waals surface area contributed by atoms with Crippen molar-refractivity contribution in [2.75, 3.05) is 24.2 Å². The van der Waals surface area contributed by atoms with E-state index in [0.29, 0.717) is 0 Å². The monoisotopic (exact) mass is 284 g/mol. The fraction of sp³-hybridized carbons (Fsp3) is 0.294. The molecule has 0 radical (unpaired) electrons. The van der Waals surface area contributed by atoms with Gasteiger partial charge < -0.3 is 10.2 Å². The van der Waals surface area contributed by atoms with E-state index < -0.39 is 0 Å². The minimum Gasteiger partial charge on any atom is -0.366 e. The van der Waals surface area contributed by atoms with Gasteiger partial charge in [-0.1, -0.05) is 30.3 Å². The van der Waals surface area contributed by atoms with Gasteiger partial charge in [-0.3, -0.25) is 0 Å². The number of fused-ring (bicyclic) bond motifs is 1. The molecule has 104 valence electrons. The molecule has 1 aliphatic heterocycles. The smallest absolute Gasteiger partial charge is 0.0430 e. The lowest BCUT2D eigenvalue weighted by Gasteiger charge is -2.24. The Morgan fingerprint density at radius 1 is 1.10 bits per heavy atom. The van der Waals surface area contributed by atoms with Crippen molar-refractivity contribution >= 4 is 17.4 Å². The summed E-state index contributed by atoms with van der Waals surface area (Å²) in [5.41, 5.74) is 4.14. The SMILES string of the molecule is CSc1ccc(CN2CCNCc3ccccc32)cc1. The summed E-state index contributed by atoms with van der Waals surface area (Å²) in [5.74, 6) is 0. The maximum atomic E-state index is 3.49. The van der Waals surface area contributed by atoms with Crippen molar-refractivity contribution < 1.29 is 0 Å². The molecule has 0 atom stereocenters. The second kappa shape index (κ2) is 6.33. The van der Waals surface area contributed by atoms with E-state index in [2.05, 4.69) is 65.0 Å². The number of rotatable bonds is 3. The lowest BCUT2D eigenvalue weighted by molar-refractivity contribution is 0.688. The molecule has 0 bridgehead atoms. The van der Waals surface area contributed by atoms with E-state index in [1.165, 1.54) is 21.7 Å². The summed E-state index contributed by atoms with van der Waals surface area (Å²) >= 11 is 1.79. The first kappa shape index (κ1) is 13.5. The van der Waals surface area contributed by atoms with E-state index >= 15 is 0 Å². The largest absolute Gasteiger partial charge is 0.366 e. The van der Waals surface area contributed by atoms with Crippen molar-refractivity contribution in [1.82, 2.24) is 5.32 Å². The van der Waals surface area contributed by atoms with Crippen LogP contribution in [0.5, 0.6) is 0 Å². The summed E-state index contributed by atoms with van der Waals surface area (Å²) < 4.78 is 0. The second-order valence-corrected chi connectivity index (χ2v) is 5.95. The van der Waals surface area contributed by atoms with Crippen molar-refractivity contribution in [1.29, 1.82) is 0 Å². The molecule has 0 saturated carbocycles. The van der Waals surface area contributed by atoms with E-state index in [9.17, 15) is 0 Å². The molecule has 0 fully saturated rings. The highest BCUT2D eigenvalue weighted by Gasteiger charge is 2.14. The first-order valence-electron chi connectivity index (χ1n) is 7.03. The molecule has 3 rings (SSSR count). The molecule has 1 heterocycles. The molecule has 3 heteroatoms. The van der Waals surface area contributed by atoms with Crippen LogP contribution in [0.2, 0.25) is 0 Å². The number of anilines is 1. The summed E-state index contributed by atoms with van der Waals surface area (Å²) in [4.78, 5) is 3.80. The van der Waals surface area contributed by atoms with Gasteiger partial charge in [-0.25, -0.2) is 0 Å². The number of nitrogens with one attached hydrogen (secondary N) is 1. The van der Waals surface area contributed by atoms with E-state index in [1.807, 2.05) is 0 Å². The molecule has 2 aromatic rings. The highest BCUT2D eigenvalue weighted by molar-refractivity contribution is 7.98. The summed E-state index contributed by atoms with van der Waals surface area (Å²) in [6, 6.07) is 17.6. The second-order valence-electron chi connectivity index (χ2n) is 5.08. The van der Waals surface area contributed by atoms with Crippen LogP contribution in [0.25, 0.3) is 0 Å². The third kappa shape index (κ3) is 3.00. The van der Waals surface area contributed by atoms with Crippen molar-refractivity contribution in [3.63, 3.8) is 0 Å². The Bertz CT molecular complexity index is 565. The molecule has 0 aromatic heterocycles. The molecule has 0 amide bonds. The minimum atomic E-state index is 0.970. The maximum absolute atomic E-state index is 3.49. The van der Waals surface area contributed by atoms with E-state index in [0.717, 1.165) is 26.2 Å². The molecular weight excluding hydrogens is 264 g/mol. The predicted molar refractivity (Wildman–Crippen MR) is 87.4 cm³/mol. The summed E-state index contributed by atoms with van der Waals surface area (Å²) in [6.45, 7) is 4.05. The molecule has 2 aromatic carbocycles. The highest BCUT2D eigenvalue weighted by atomic mass is 32.2. The number of hydrogen-bond acceptors (Lipinski definition) is 3. The molecule has 2 nitrogen and oxygen atoms in total. The van der Waals surface area contributed by atoms with Crippen LogP contribution in [0.4, 0.5) is 5.69 Å². The molecule has 1 aliphatic rings. The fourth-order valence-corrected chi connectivity index (χ4v) is 3.05. The fourth-order valence-electron chi connectivity index (χ4n) is 2.64. The molecule has 0 spiro atoms. The average molecular weight is 284 g/mol. The van der Waals surface area contributed by atoms with Gasteiger partial charge in [-0.05, 0) is 35.6 Å². The van der Waals surface area contributed by atoms with Gasteiger partial charge >= 0.3 is 0 Å². The highest BCUT2D eigenvalue weighted by Crippen LogP contribution is 2.24. The first-order valence-corrected chi connectivity index (χ1v) is 8.26. The van der Waals surface area contributed by atoms with Gasteiger partial charge in [-0.15, -0.1) is 11.8 Å². The Morgan fingerprint density at radius 2 is 1.90 bits per heavy atom. The summed E-state index contributed by atoms with van der Waals surface area (Å²) in [6.07, 6.45) is 2.12. The lowest BCUT2D eigenvalue weighted by Crippen LogP contribution is -2.28. The Labute approximate surface area is 125 Å². The van der Waals surface area contributed by atoms with Crippen LogP contribution in [0, 0.1) is 0 Å². The normalized spacial score (nSPS) is 14.8. The number of para-hydroxylation sites is 1. The Morgan fingerprint density at radius 3 is 2.70 bits per heavy atom. The van der Waals surface area contributed by atoms with E-state index in [1.54, 1.807) is 11.8 Å². The first-order chi connectivity index (χ1) is 9.86. The van der Waals surface area contributed by atoms with Crippen LogP contribution in [0.15, 0.2) is 53.4 Å². The average Bonchev–Trinajstić information content (AvgIpc) is 2.71. The van der Waals surface area contributed by atoms with Crippen LogP contribution in [0.1, 0.15) is 11.1 Å². The van der Waals surface area contributed by atoms with Gasteiger partial charge in [0, 0.05) is 36.8 Å². The zero-order chi connectivity index (χ0) is 13.8. The predicted octanol–water partition coefficient (Wildman–Crippen LogP) is 3.52. The zero-order valence-electron chi connectivity index (χ0n) is 11.8. The van der Waals surface area contributed by atoms with Gasteiger partial charge in [0.2, 0.25) is 0 Å². The molecule has 0 unspecified atom stereocenters. The standard InChI is InChI=1S/C17H20N2S/c1-20-16-8-6-14(7-9-16)13-19-11-10-18-12-15-4-2-3-5-17(15)19/h2-9,18H,10-13H2,1H3. The van der Waals surface area contributed by atoms with Crippen LogP contribution in [-0.2, 0) is 13.1 Å². The number of benzene rings is 2. The van der Waals surface area contributed by atoms with Crippen LogP contribution < -0.4 is 10.2 Å². The minimum absolute atomic E-state index is 0.970. The molecule has 20 heavy (non-hydrogen) atoms. The topological polar surface area (TPSA) is 15.3 Å². The van der Waals surface area contributed by atoms with Crippen molar-refractivity contribution in [3.8, 4) is 0 Å². The summed E-state index contributed by atoms with van der Waals surface area (Å²) in [7, 11) is 0. The molecule has 1 N–H and O–H groups in total. The molecular formula is C17H20N2S. The van der Waals surface area contributed by atoms with Crippen LogP contribution in [0.3, 0.4) is 0 Å². The molecule has 0 saturated heterocycles. The Kier molecular flexibility index (Phi) is 4.28. The van der Waals surface area contributed by atoms with E-state index in [4.69, 9.17) is 0 Å². The Balaban J connectivity index is 1.82. The quantitative estimate of drug-likeness (QED) is 0.868. The van der Waals surface area contributed by atoms with Gasteiger partial charge in [0.05, 0.1) is 0 Å². The van der Waals surface area contributed by atoms with Crippen LogP contribution in [-0.4, -0.2) is 19.3 Å². The van der Waals surface area contributed by atoms with Gasteiger partial charge in [-0.2, -0.15) is 0 Å². The van der Waals surface area contributed by atoms with Gasteiger partial charge in [0.25, 0.3) is 0 Å². The summed E-state index contributed by atoms with van der Waals surface area (Å²) in [5, 5.41) is 3.49. The van der Waals surface area contributed by atoms with E-state index in [-0.39, 0.29) is 0 Å². The zero-order valence-corrected chi connectivity index (χ0v) is 12.6. The number of hydrogen-bond donors (Lipinski definition) is 1. The maximum Gasteiger partial charge on any atom is 0.0430 e. The van der Waals surface area contributed by atoms with Crippen molar-refractivity contribution in [2.24, 2.45) is 0 Å². The third-order valence-electron chi connectivity index (χ3n) is 3.74. The van der Waals surface area contributed by atoms with Crippen molar-refractivity contribution in [2.45, 2.75) is 18.0 Å². The van der Waals surface area contributed by atoms with Crippen LogP contribution >= 0.6 is 11.8 Å². The number of nitrogens with zero attached hydrogens (tertiary/aromatic N) is 1. The third-order valence-corrected chi connectivity index (χ3v) is 4.48. The lowest BCUT2D eigenvalue weighted by atomic mass is 10.1. The van der Waals surface area contributed by atoms with Gasteiger partial charge in [0.1, 0.15) is 0 Å². The van der Waals surface area contributed by atoms with Crippen molar-refractivity contribution in [3.05, 3.63) is 59.7 Å².